The van der Waals surface area contributed by atoms with Gasteiger partial charge in [-0.3, -0.25) is 9.38 Å². The van der Waals surface area contributed by atoms with Crippen LogP contribution in [0.1, 0.15) is 37.6 Å². The Labute approximate surface area is 113 Å². The van der Waals surface area contributed by atoms with E-state index in [1.807, 2.05) is 18.2 Å². The second kappa shape index (κ2) is 5.00. The maximum atomic E-state index is 4.69. The molecular formula is C16H19N3. The fourth-order valence-corrected chi connectivity index (χ4v) is 2.56. The summed E-state index contributed by atoms with van der Waals surface area (Å²) in [4.78, 5) is 9.35. The third kappa shape index (κ3) is 2.21. The number of imidazole rings is 1. The maximum Gasteiger partial charge on any atom is 0.137 e. The molecular weight excluding hydrogens is 234 g/mol. The molecule has 0 N–H and O–H groups in total. The first-order chi connectivity index (χ1) is 9.29. The minimum Gasteiger partial charge on any atom is -0.300 e. The highest BCUT2D eigenvalue weighted by atomic mass is 15.0. The van der Waals surface area contributed by atoms with Crippen molar-refractivity contribution in [2.75, 3.05) is 0 Å². The van der Waals surface area contributed by atoms with E-state index in [1.54, 1.807) is 0 Å². The average molecular weight is 253 g/mol. The van der Waals surface area contributed by atoms with Gasteiger partial charge in [0.1, 0.15) is 11.2 Å². The van der Waals surface area contributed by atoms with Gasteiger partial charge in [-0.2, -0.15) is 0 Å². The molecule has 3 heteroatoms. The van der Waals surface area contributed by atoms with Crippen LogP contribution >= 0.6 is 0 Å². The van der Waals surface area contributed by atoms with Crippen molar-refractivity contribution in [1.82, 2.24) is 14.4 Å². The van der Waals surface area contributed by atoms with E-state index in [-0.39, 0.29) is 0 Å². The van der Waals surface area contributed by atoms with Gasteiger partial charge in [-0.05, 0) is 38.0 Å². The van der Waals surface area contributed by atoms with Crippen LogP contribution in [0, 0.1) is 6.92 Å². The summed E-state index contributed by atoms with van der Waals surface area (Å²) in [7, 11) is 0. The number of nitrogens with zero attached hydrogens (tertiary/aromatic N) is 3. The molecule has 3 aromatic rings. The maximum absolute atomic E-state index is 4.69. The molecule has 3 heterocycles. The van der Waals surface area contributed by atoms with Gasteiger partial charge in [-0.1, -0.05) is 25.8 Å². The third-order valence-corrected chi connectivity index (χ3v) is 3.56. The van der Waals surface area contributed by atoms with Crippen molar-refractivity contribution < 1.29 is 0 Å². The summed E-state index contributed by atoms with van der Waals surface area (Å²) < 4.78 is 2.15. The topological polar surface area (TPSA) is 30.2 Å². The molecule has 3 rings (SSSR count). The molecule has 3 aromatic heterocycles. The number of fused-ring (bicyclic) bond motifs is 3. The standard InChI is InChI=1S/C16H19N3/c1-3-4-5-8-13-11-14-16(12(2)17-13)18-15-9-6-7-10-19(14)15/h6-7,9-11H,3-5,8H2,1-2H3. The smallest absolute Gasteiger partial charge is 0.137 e. The first kappa shape index (κ1) is 12.2. The van der Waals surface area contributed by atoms with Crippen molar-refractivity contribution in [3.63, 3.8) is 0 Å². The van der Waals surface area contributed by atoms with Crippen LogP contribution in [-0.2, 0) is 6.42 Å². The molecule has 0 bridgehead atoms. The van der Waals surface area contributed by atoms with E-state index in [0.717, 1.165) is 23.3 Å². The van der Waals surface area contributed by atoms with Crippen LogP contribution in [-0.4, -0.2) is 14.4 Å². The van der Waals surface area contributed by atoms with Crippen LogP contribution in [0.15, 0.2) is 30.5 Å². The van der Waals surface area contributed by atoms with Gasteiger partial charge in [-0.25, -0.2) is 4.98 Å². The van der Waals surface area contributed by atoms with Gasteiger partial charge in [0.2, 0.25) is 0 Å². The number of hydrogen-bond donors (Lipinski definition) is 0. The van der Waals surface area contributed by atoms with Crippen LogP contribution in [0.2, 0.25) is 0 Å². The molecule has 0 spiro atoms. The van der Waals surface area contributed by atoms with E-state index in [1.165, 1.54) is 30.5 Å². The highest BCUT2D eigenvalue weighted by molar-refractivity contribution is 5.82. The summed E-state index contributed by atoms with van der Waals surface area (Å²) >= 11 is 0. The zero-order valence-corrected chi connectivity index (χ0v) is 11.6. The van der Waals surface area contributed by atoms with E-state index >= 15 is 0 Å². The normalized spacial score (nSPS) is 11.5. The van der Waals surface area contributed by atoms with E-state index in [2.05, 4.69) is 35.5 Å². The predicted octanol–water partition coefficient (Wildman–Crippen LogP) is 3.92. The summed E-state index contributed by atoms with van der Waals surface area (Å²) in [5, 5.41) is 0. The summed E-state index contributed by atoms with van der Waals surface area (Å²) in [6.45, 7) is 4.28. The fraction of sp³-hybridized carbons (Fsp3) is 0.375. The van der Waals surface area contributed by atoms with Gasteiger partial charge < -0.3 is 0 Å². The molecule has 0 radical (unpaired) electrons. The van der Waals surface area contributed by atoms with E-state index in [4.69, 9.17) is 4.98 Å². The first-order valence-corrected chi connectivity index (χ1v) is 7.03. The quantitative estimate of drug-likeness (QED) is 0.660. The average Bonchev–Trinajstić information content (AvgIpc) is 2.79. The van der Waals surface area contributed by atoms with Gasteiger partial charge in [0.05, 0.1) is 11.2 Å². The number of unbranched alkanes of at least 4 members (excludes halogenated alkanes) is 2. The van der Waals surface area contributed by atoms with Gasteiger partial charge in [-0.15, -0.1) is 0 Å². The lowest BCUT2D eigenvalue weighted by Gasteiger charge is -2.03. The van der Waals surface area contributed by atoms with Crippen molar-refractivity contribution in [1.29, 1.82) is 0 Å². The van der Waals surface area contributed by atoms with Gasteiger partial charge >= 0.3 is 0 Å². The summed E-state index contributed by atoms with van der Waals surface area (Å²) in [6, 6.07) is 8.29. The van der Waals surface area contributed by atoms with Crippen molar-refractivity contribution in [3.05, 3.63) is 41.9 Å². The highest BCUT2D eigenvalue weighted by Crippen LogP contribution is 2.20. The molecule has 3 nitrogen and oxygen atoms in total. The molecule has 98 valence electrons. The van der Waals surface area contributed by atoms with Gasteiger partial charge in [0.15, 0.2) is 0 Å². The largest absolute Gasteiger partial charge is 0.300 e. The number of aromatic nitrogens is 3. The van der Waals surface area contributed by atoms with Crippen LogP contribution in [0.25, 0.3) is 16.7 Å². The summed E-state index contributed by atoms with van der Waals surface area (Å²) in [5.74, 6) is 0. The third-order valence-electron chi connectivity index (χ3n) is 3.56. The van der Waals surface area contributed by atoms with Crippen molar-refractivity contribution in [2.24, 2.45) is 0 Å². The van der Waals surface area contributed by atoms with Crippen LogP contribution in [0.3, 0.4) is 0 Å². The van der Waals surface area contributed by atoms with E-state index < -0.39 is 0 Å². The Morgan fingerprint density at radius 3 is 2.89 bits per heavy atom. The SMILES string of the molecule is CCCCCc1cc2c(nc3ccccn32)c(C)n1. The summed E-state index contributed by atoms with van der Waals surface area (Å²) in [6.07, 6.45) is 6.86. The summed E-state index contributed by atoms with van der Waals surface area (Å²) in [5.41, 5.74) is 5.41. The Balaban J connectivity index is 2.10. The molecule has 0 aliphatic heterocycles. The monoisotopic (exact) mass is 253 g/mol. The molecule has 0 atom stereocenters. The molecule has 0 saturated carbocycles. The lowest BCUT2D eigenvalue weighted by atomic mass is 10.1. The molecule has 0 aliphatic carbocycles. The Kier molecular flexibility index (Phi) is 3.20. The molecule has 0 fully saturated rings. The number of aryl methyl sites for hydroxylation is 2. The lowest BCUT2D eigenvalue weighted by molar-refractivity contribution is 0.707. The molecule has 0 saturated heterocycles. The van der Waals surface area contributed by atoms with Crippen molar-refractivity contribution in [3.8, 4) is 0 Å². The van der Waals surface area contributed by atoms with Crippen molar-refractivity contribution in [2.45, 2.75) is 39.5 Å². The minimum atomic E-state index is 0.994. The molecule has 0 aliphatic rings. The van der Waals surface area contributed by atoms with Crippen LogP contribution in [0.4, 0.5) is 0 Å². The molecule has 0 unspecified atom stereocenters. The zero-order chi connectivity index (χ0) is 13.2. The lowest BCUT2D eigenvalue weighted by Crippen LogP contribution is -1.94. The highest BCUT2D eigenvalue weighted by Gasteiger charge is 2.09. The predicted molar refractivity (Wildman–Crippen MR) is 78.5 cm³/mol. The number of hydrogen-bond acceptors (Lipinski definition) is 2. The van der Waals surface area contributed by atoms with Crippen LogP contribution in [0.5, 0.6) is 0 Å². The van der Waals surface area contributed by atoms with Crippen LogP contribution < -0.4 is 0 Å². The molecule has 0 aromatic carbocycles. The van der Waals surface area contributed by atoms with Gasteiger partial charge in [0.25, 0.3) is 0 Å². The molecule has 0 amide bonds. The Morgan fingerprint density at radius 2 is 2.05 bits per heavy atom. The van der Waals surface area contributed by atoms with E-state index in [0.29, 0.717) is 0 Å². The number of pyridine rings is 2. The Hall–Kier alpha value is -1.90. The molecule has 19 heavy (non-hydrogen) atoms. The zero-order valence-electron chi connectivity index (χ0n) is 11.6. The van der Waals surface area contributed by atoms with Gasteiger partial charge in [0, 0.05) is 11.9 Å². The first-order valence-electron chi connectivity index (χ1n) is 7.03. The number of rotatable bonds is 4. The van der Waals surface area contributed by atoms with E-state index in [9.17, 15) is 0 Å². The Morgan fingerprint density at radius 1 is 1.16 bits per heavy atom. The fourth-order valence-electron chi connectivity index (χ4n) is 2.56. The van der Waals surface area contributed by atoms with Crippen molar-refractivity contribution >= 4 is 16.7 Å². The minimum absolute atomic E-state index is 0.994. The Bertz CT molecular complexity index is 712. The second-order valence-electron chi connectivity index (χ2n) is 5.06. The second-order valence-corrected chi connectivity index (χ2v) is 5.06.